The Morgan fingerprint density at radius 3 is 2.16 bits per heavy atom. The molecule has 1 atom stereocenters. The van der Waals surface area contributed by atoms with E-state index in [4.69, 9.17) is 46.4 Å². The Morgan fingerprint density at radius 2 is 1.61 bits per heavy atom. The van der Waals surface area contributed by atoms with E-state index in [1.807, 2.05) is 0 Å². The molecule has 38 heavy (non-hydrogen) atoms. The molecule has 0 amide bonds. The van der Waals surface area contributed by atoms with E-state index in [-0.39, 0.29) is 38.2 Å². The van der Waals surface area contributed by atoms with Gasteiger partial charge in [-0.15, -0.1) is 0 Å². The predicted molar refractivity (Wildman–Crippen MR) is 131 cm³/mol. The molecular weight excluding hydrogens is 609 g/mol. The van der Waals surface area contributed by atoms with Crippen molar-refractivity contribution in [3.63, 3.8) is 0 Å². The van der Waals surface area contributed by atoms with Gasteiger partial charge in [0.1, 0.15) is 22.7 Å². The fourth-order valence-electron chi connectivity index (χ4n) is 3.24. The van der Waals surface area contributed by atoms with Gasteiger partial charge in [-0.3, -0.25) is 9.78 Å². The highest BCUT2D eigenvalue weighted by Gasteiger charge is 2.41. The number of anilines is 1. The number of carbonyl (C=O) groups is 1. The van der Waals surface area contributed by atoms with Crippen LogP contribution in [0.2, 0.25) is 20.2 Å². The molecular formula is C23H12Cl4F7N3O. The molecule has 1 N–H and O–H groups in total. The maximum absolute atomic E-state index is 15.0. The Kier molecular flexibility index (Phi) is 9.18. The zero-order valence-electron chi connectivity index (χ0n) is 18.4. The third kappa shape index (κ3) is 7.28. The molecule has 3 rings (SSSR count). The third-order valence-corrected chi connectivity index (χ3v) is 6.35. The summed E-state index contributed by atoms with van der Waals surface area (Å²) in [7, 11) is 0. The number of Topliss-reactive ketones (excluding diaryl/α,β-unsaturated/α-hetero) is 1. The van der Waals surface area contributed by atoms with Crippen molar-refractivity contribution in [1.29, 1.82) is 0 Å². The average Bonchev–Trinajstić information content (AvgIpc) is 2.82. The second kappa shape index (κ2) is 11.6. The van der Waals surface area contributed by atoms with Gasteiger partial charge in [-0.25, -0.2) is 9.37 Å². The first-order valence-corrected chi connectivity index (χ1v) is 11.6. The van der Waals surface area contributed by atoms with Crippen LogP contribution in [0, 0.1) is 0 Å². The number of alkyl halides is 6. The quantitative estimate of drug-likeness (QED) is 0.163. The van der Waals surface area contributed by atoms with Crippen LogP contribution in [0.5, 0.6) is 0 Å². The predicted octanol–water partition coefficient (Wildman–Crippen LogP) is 9.06. The van der Waals surface area contributed by atoms with Gasteiger partial charge in [0.15, 0.2) is 5.78 Å². The van der Waals surface area contributed by atoms with Gasteiger partial charge in [-0.05, 0) is 29.8 Å². The molecule has 2 aromatic carbocycles. The summed E-state index contributed by atoms with van der Waals surface area (Å²) < 4.78 is 97.4. The molecule has 202 valence electrons. The van der Waals surface area contributed by atoms with E-state index in [0.717, 1.165) is 18.2 Å². The van der Waals surface area contributed by atoms with Crippen LogP contribution in [0.25, 0.3) is 5.83 Å². The van der Waals surface area contributed by atoms with Crippen LogP contribution in [-0.4, -0.2) is 28.5 Å². The van der Waals surface area contributed by atoms with Gasteiger partial charge in [0.25, 0.3) is 0 Å². The van der Waals surface area contributed by atoms with Gasteiger partial charge in [-0.1, -0.05) is 58.5 Å². The number of halogens is 11. The molecule has 0 bridgehead atoms. The summed E-state index contributed by atoms with van der Waals surface area (Å²) in [5.41, 5.74) is -3.84. The second-order valence-corrected chi connectivity index (χ2v) is 9.17. The fourth-order valence-corrected chi connectivity index (χ4v) is 4.00. The second-order valence-electron chi connectivity index (χ2n) is 7.59. The summed E-state index contributed by atoms with van der Waals surface area (Å²) in [6, 6.07) is 3.30. The van der Waals surface area contributed by atoms with Crippen molar-refractivity contribution in [1.82, 2.24) is 9.97 Å². The van der Waals surface area contributed by atoms with Gasteiger partial charge >= 0.3 is 12.4 Å². The third-order valence-electron chi connectivity index (χ3n) is 4.97. The number of allylic oxidation sites excluding steroid dienone is 1. The van der Waals surface area contributed by atoms with Crippen LogP contribution in [-0.2, 0) is 6.18 Å². The Labute approximate surface area is 230 Å². The number of nitrogens with one attached hydrogen (secondary N) is 1. The van der Waals surface area contributed by atoms with Crippen molar-refractivity contribution in [2.75, 3.05) is 11.9 Å². The minimum Gasteiger partial charge on any atom is -0.361 e. The lowest BCUT2D eigenvalue weighted by atomic mass is 9.95. The van der Waals surface area contributed by atoms with E-state index in [9.17, 15) is 35.5 Å². The Balaban J connectivity index is 1.98. The SMILES string of the molecule is O=C(CNc1cncc(Cl)n1)c1ccc(/C(F)=C/C(c2cc(Cl)c(Cl)c(Cl)c2)C(F)(F)F)cc1C(F)(F)F. The molecule has 0 spiro atoms. The van der Waals surface area contributed by atoms with Crippen molar-refractivity contribution in [2.24, 2.45) is 0 Å². The lowest BCUT2D eigenvalue weighted by Gasteiger charge is -2.19. The lowest BCUT2D eigenvalue weighted by molar-refractivity contribution is -0.140. The normalized spacial score (nSPS) is 13.4. The standard InChI is InChI=1S/C23H12Cl4F7N3O/c24-15-4-11(5-16(25)21(15)27)13(22(29,30)31)6-17(28)10-1-2-12(14(3-10)23(32,33)34)18(38)7-36-20-9-35-8-19(26)37-20/h1-6,8-9,13H,7H2,(H,36,37)/b17-6-. The van der Waals surface area contributed by atoms with Crippen LogP contribution < -0.4 is 5.32 Å². The largest absolute Gasteiger partial charge is 0.417 e. The monoisotopic (exact) mass is 619 g/mol. The molecule has 1 heterocycles. The van der Waals surface area contributed by atoms with Gasteiger partial charge < -0.3 is 5.32 Å². The number of carbonyl (C=O) groups excluding carboxylic acids is 1. The Bertz CT molecular complexity index is 1370. The minimum atomic E-state index is -5.14. The highest BCUT2D eigenvalue weighted by atomic mass is 35.5. The Hall–Kier alpha value is -2.60. The van der Waals surface area contributed by atoms with Crippen LogP contribution >= 0.6 is 46.4 Å². The Morgan fingerprint density at radius 1 is 0.974 bits per heavy atom. The minimum absolute atomic E-state index is 0.00519. The van der Waals surface area contributed by atoms with Crippen molar-refractivity contribution in [2.45, 2.75) is 18.3 Å². The number of aromatic nitrogens is 2. The molecule has 1 unspecified atom stereocenters. The molecule has 0 aliphatic heterocycles. The summed E-state index contributed by atoms with van der Waals surface area (Å²) in [5.74, 6) is -5.32. The number of ketones is 1. The summed E-state index contributed by atoms with van der Waals surface area (Å²) in [5, 5.41) is 1.52. The molecule has 3 aromatic rings. The van der Waals surface area contributed by atoms with Crippen molar-refractivity contribution >= 4 is 63.8 Å². The van der Waals surface area contributed by atoms with Crippen LogP contribution in [0.1, 0.15) is 33.0 Å². The molecule has 0 saturated carbocycles. The van der Waals surface area contributed by atoms with E-state index in [1.165, 1.54) is 12.4 Å². The molecule has 0 radical (unpaired) electrons. The molecule has 4 nitrogen and oxygen atoms in total. The molecule has 0 aliphatic carbocycles. The number of hydrogen-bond acceptors (Lipinski definition) is 4. The fraction of sp³-hybridized carbons (Fsp3) is 0.174. The number of benzene rings is 2. The van der Waals surface area contributed by atoms with Gasteiger partial charge in [0, 0.05) is 11.1 Å². The van der Waals surface area contributed by atoms with Crippen molar-refractivity contribution in [3.05, 3.63) is 91.3 Å². The van der Waals surface area contributed by atoms with Crippen LogP contribution in [0.3, 0.4) is 0 Å². The van der Waals surface area contributed by atoms with Crippen molar-refractivity contribution < 1.29 is 35.5 Å². The van der Waals surface area contributed by atoms with E-state index >= 15 is 0 Å². The average molecular weight is 621 g/mol. The first-order chi connectivity index (χ1) is 17.6. The zero-order valence-corrected chi connectivity index (χ0v) is 21.4. The van der Waals surface area contributed by atoms with E-state index in [2.05, 4.69) is 15.3 Å². The smallest absolute Gasteiger partial charge is 0.361 e. The molecule has 0 saturated heterocycles. The van der Waals surface area contributed by atoms with Gasteiger partial charge in [0.05, 0.1) is 39.6 Å². The van der Waals surface area contributed by atoms with Gasteiger partial charge in [-0.2, -0.15) is 26.3 Å². The number of rotatable bonds is 7. The highest BCUT2D eigenvalue weighted by Crippen LogP contribution is 2.42. The summed E-state index contributed by atoms with van der Waals surface area (Å²) in [4.78, 5) is 20.0. The molecule has 15 heteroatoms. The number of hydrogen-bond donors (Lipinski definition) is 1. The van der Waals surface area contributed by atoms with Crippen LogP contribution in [0.15, 0.2) is 48.8 Å². The first kappa shape index (κ1) is 29.9. The summed E-state index contributed by atoms with van der Waals surface area (Å²) in [6.45, 7) is -0.663. The van der Waals surface area contributed by atoms with Crippen LogP contribution in [0.4, 0.5) is 36.6 Å². The zero-order chi connectivity index (χ0) is 28.4. The molecule has 1 aromatic heterocycles. The summed E-state index contributed by atoms with van der Waals surface area (Å²) >= 11 is 23.0. The maximum Gasteiger partial charge on any atom is 0.417 e. The van der Waals surface area contributed by atoms with E-state index in [0.29, 0.717) is 6.07 Å². The first-order valence-electron chi connectivity index (χ1n) is 10.1. The number of nitrogens with zero attached hydrogens (tertiary/aromatic N) is 2. The van der Waals surface area contributed by atoms with Crippen molar-refractivity contribution in [3.8, 4) is 0 Å². The van der Waals surface area contributed by atoms with E-state index < -0.39 is 58.7 Å². The maximum atomic E-state index is 15.0. The highest BCUT2D eigenvalue weighted by molar-refractivity contribution is 6.48. The van der Waals surface area contributed by atoms with Gasteiger partial charge in [0.2, 0.25) is 0 Å². The van der Waals surface area contributed by atoms with E-state index in [1.54, 1.807) is 0 Å². The molecule has 0 aliphatic rings. The molecule has 0 fully saturated rings. The topological polar surface area (TPSA) is 54.9 Å². The lowest BCUT2D eigenvalue weighted by Crippen LogP contribution is -2.20. The summed E-state index contributed by atoms with van der Waals surface area (Å²) in [6.07, 6.45) is -7.78.